The Morgan fingerprint density at radius 3 is 2.78 bits per heavy atom. The molecule has 0 unspecified atom stereocenters. The van der Waals surface area contributed by atoms with Gasteiger partial charge in [0.05, 0.1) is 11.4 Å². The van der Waals surface area contributed by atoms with Gasteiger partial charge in [-0.05, 0) is 43.0 Å². The molecule has 4 nitrogen and oxygen atoms in total. The van der Waals surface area contributed by atoms with Gasteiger partial charge in [0, 0.05) is 19.3 Å². The van der Waals surface area contributed by atoms with E-state index in [1.807, 2.05) is 56.4 Å². The van der Waals surface area contributed by atoms with E-state index in [1.165, 1.54) is 5.56 Å². The molecule has 0 saturated carbocycles. The van der Waals surface area contributed by atoms with E-state index in [-0.39, 0.29) is 5.75 Å². The molecule has 1 N–H and O–H groups in total. The fourth-order valence-corrected chi connectivity index (χ4v) is 4.23. The van der Waals surface area contributed by atoms with E-state index in [2.05, 4.69) is 9.62 Å². The summed E-state index contributed by atoms with van der Waals surface area (Å²) in [6.07, 6.45) is 2.19. The van der Waals surface area contributed by atoms with Crippen LogP contribution in [0.5, 0.6) is 0 Å². The topological polar surface area (TPSA) is 49.4 Å². The highest BCUT2D eigenvalue weighted by Crippen LogP contribution is 2.29. The Labute approximate surface area is 138 Å². The van der Waals surface area contributed by atoms with Crippen molar-refractivity contribution in [3.05, 3.63) is 59.2 Å². The van der Waals surface area contributed by atoms with Gasteiger partial charge in [0.15, 0.2) is 0 Å². The van der Waals surface area contributed by atoms with Crippen molar-refractivity contribution < 1.29 is 8.42 Å². The molecule has 2 aromatic carbocycles. The second kappa shape index (κ2) is 6.24. The van der Waals surface area contributed by atoms with E-state index in [9.17, 15) is 8.42 Å². The van der Waals surface area contributed by atoms with Crippen molar-refractivity contribution in [1.82, 2.24) is 0 Å². The predicted molar refractivity (Wildman–Crippen MR) is 95.5 cm³/mol. The third-order valence-electron chi connectivity index (χ3n) is 4.15. The van der Waals surface area contributed by atoms with Gasteiger partial charge in [0.25, 0.3) is 0 Å². The summed E-state index contributed by atoms with van der Waals surface area (Å²) in [7, 11) is -1.37. The first-order valence-corrected chi connectivity index (χ1v) is 9.48. The van der Waals surface area contributed by atoms with Gasteiger partial charge in [-0.15, -0.1) is 0 Å². The number of rotatable bonds is 4. The molecule has 5 heteroatoms. The van der Waals surface area contributed by atoms with Crippen molar-refractivity contribution in [3.8, 4) is 0 Å². The van der Waals surface area contributed by atoms with Crippen LogP contribution in [0.1, 0.15) is 23.1 Å². The first-order chi connectivity index (χ1) is 10.9. The van der Waals surface area contributed by atoms with Crippen LogP contribution >= 0.6 is 0 Å². The Morgan fingerprint density at radius 2 is 2.00 bits per heavy atom. The predicted octanol–water partition coefficient (Wildman–Crippen LogP) is 3.32. The van der Waals surface area contributed by atoms with Crippen LogP contribution < -0.4 is 9.62 Å². The molecule has 1 aliphatic heterocycles. The number of hydrogen-bond donors (Lipinski definition) is 1. The maximum absolute atomic E-state index is 12.4. The Morgan fingerprint density at radius 1 is 1.17 bits per heavy atom. The Kier molecular flexibility index (Phi) is 4.31. The van der Waals surface area contributed by atoms with Gasteiger partial charge < -0.3 is 4.90 Å². The number of sulfonamides is 1. The number of hydrogen-bond acceptors (Lipinski definition) is 3. The van der Waals surface area contributed by atoms with Crippen molar-refractivity contribution in [2.75, 3.05) is 23.2 Å². The number of aryl methyl sites for hydroxylation is 2. The number of benzene rings is 2. The molecule has 0 bridgehead atoms. The average molecular weight is 330 g/mol. The van der Waals surface area contributed by atoms with Crippen LogP contribution in [-0.4, -0.2) is 22.0 Å². The van der Waals surface area contributed by atoms with Gasteiger partial charge in [-0.25, -0.2) is 8.42 Å². The summed E-state index contributed by atoms with van der Waals surface area (Å²) in [6.45, 7) is 2.97. The van der Waals surface area contributed by atoms with E-state index in [0.717, 1.165) is 36.2 Å². The second-order valence-corrected chi connectivity index (χ2v) is 7.94. The minimum absolute atomic E-state index is 0.0123. The summed E-state index contributed by atoms with van der Waals surface area (Å²) < 4.78 is 27.5. The summed E-state index contributed by atoms with van der Waals surface area (Å²) >= 11 is 0. The summed E-state index contributed by atoms with van der Waals surface area (Å²) in [5.74, 6) is -0.0123. The highest BCUT2D eigenvalue weighted by Gasteiger charge is 2.16. The second-order valence-electron chi connectivity index (χ2n) is 6.22. The fraction of sp³-hybridized carbons (Fsp3) is 0.333. The monoisotopic (exact) mass is 330 g/mol. The van der Waals surface area contributed by atoms with Crippen LogP contribution in [0.25, 0.3) is 0 Å². The van der Waals surface area contributed by atoms with Gasteiger partial charge in [-0.1, -0.05) is 35.9 Å². The Bertz CT molecular complexity index is 816. The lowest BCUT2D eigenvalue weighted by Crippen LogP contribution is -2.25. The maximum atomic E-state index is 12.4. The molecule has 0 amide bonds. The lowest BCUT2D eigenvalue weighted by Gasteiger charge is -2.28. The molecule has 1 heterocycles. The molecule has 0 aliphatic carbocycles. The molecule has 2 aromatic rings. The largest absolute Gasteiger partial charge is 0.374 e. The van der Waals surface area contributed by atoms with E-state index in [4.69, 9.17) is 0 Å². The number of nitrogens with one attached hydrogen (secondary N) is 1. The molecule has 0 spiro atoms. The first-order valence-electron chi connectivity index (χ1n) is 7.83. The molecule has 23 heavy (non-hydrogen) atoms. The maximum Gasteiger partial charge on any atom is 0.236 e. The van der Waals surface area contributed by atoms with Crippen molar-refractivity contribution in [2.24, 2.45) is 0 Å². The molecule has 0 saturated heterocycles. The van der Waals surface area contributed by atoms with Gasteiger partial charge >= 0.3 is 0 Å². The van der Waals surface area contributed by atoms with Crippen LogP contribution in [0.15, 0.2) is 42.5 Å². The Hall–Kier alpha value is -2.01. The van der Waals surface area contributed by atoms with Crippen molar-refractivity contribution in [1.29, 1.82) is 0 Å². The van der Waals surface area contributed by atoms with Gasteiger partial charge in [0.1, 0.15) is 0 Å². The van der Waals surface area contributed by atoms with E-state index in [1.54, 1.807) is 0 Å². The molecule has 0 radical (unpaired) electrons. The van der Waals surface area contributed by atoms with E-state index in [0.29, 0.717) is 5.69 Å². The molecule has 1 aliphatic rings. The molecular formula is C18H22N2O2S. The average Bonchev–Trinajstić information content (AvgIpc) is 2.47. The van der Waals surface area contributed by atoms with Crippen LogP contribution in [-0.2, 0) is 22.2 Å². The lowest BCUT2D eigenvalue weighted by molar-refractivity contribution is 0.600. The fourth-order valence-electron chi connectivity index (χ4n) is 3.06. The first kappa shape index (κ1) is 15.9. The van der Waals surface area contributed by atoms with Crippen molar-refractivity contribution >= 4 is 21.4 Å². The SMILES string of the molecule is Cc1cccc(CS(=O)(=O)Nc2ccc3c(c2)N(C)CCC3)c1. The van der Waals surface area contributed by atoms with Crippen LogP contribution in [0.3, 0.4) is 0 Å². The van der Waals surface area contributed by atoms with Crippen molar-refractivity contribution in [2.45, 2.75) is 25.5 Å². The highest BCUT2D eigenvalue weighted by molar-refractivity contribution is 7.91. The Balaban J connectivity index is 1.79. The summed E-state index contributed by atoms with van der Waals surface area (Å²) in [5, 5.41) is 0. The number of nitrogens with zero attached hydrogens (tertiary/aromatic N) is 1. The smallest absolute Gasteiger partial charge is 0.236 e. The standard InChI is InChI=1S/C18H22N2O2S/c1-14-5-3-6-15(11-14)13-23(21,22)19-17-9-8-16-7-4-10-20(2)18(16)12-17/h3,5-6,8-9,11-12,19H,4,7,10,13H2,1-2H3. The summed E-state index contributed by atoms with van der Waals surface area (Å²) in [6, 6.07) is 13.4. The number of anilines is 2. The molecule has 122 valence electrons. The van der Waals surface area contributed by atoms with Crippen LogP contribution in [0.4, 0.5) is 11.4 Å². The minimum atomic E-state index is -3.42. The molecule has 0 aromatic heterocycles. The van der Waals surface area contributed by atoms with Gasteiger partial charge in [-0.2, -0.15) is 0 Å². The van der Waals surface area contributed by atoms with Gasteiger partial charge in [0.2, 0.25) is 10.0 Å². The van der Waals surface area contributed by atoms with Crippen LogP contribution in [0.2, 0.25) is 0 Å². The number of fused-ring (bicyclic) bond motifs is 1. The van der Waals surface area contributed by atoms with E-state index < -0.39 is 10.0 Å². The van der Waals surface area contributed by atoms with E-state index >= 15 is 0 Å². The molecule has 0 fully saturated rings. The third-order valence-corrected chi connectivity index (χ3v) is 5.41. The summed E-state index contributed by atoms with van der Waals surface area (Å²) in [5.41, 5.74) is 4.89. The lowest BCUT2D eigenvalue weighted by atomic mass is 10.0. The summed E-state index contributed by atoms with van der Waals surface area (Å²) in [4.78, 5) is 2.18. The highest BCUT2D eigenvalue weighted by atomic mass is 32.2. The molecular weight excluding hydrogens is 308 g/mol. The molecule has 0 atom stereocenters. The molecule has 3 rings (SSSR count). The quantitative estimate of drug-likeness (QED) is 0.935. The zero-order chi connectivity index (χ0) is 16.4. The zero-order valence-electron chi connectivity index (χ0n) is 13.5. The minimum Gasteiger partial charge on any atom is -0.374 e. The normalized spacial score (nSPS) is 14.4. The third kappa shape index (κ3) is 3.85. The zero-order valence-corrected chi connectivity index (χ0v) is 14.4. The van der Waals surface area contributed by atoms with Gasteiger partial charge in [-0.3, -0.25) is 4.72 Å². The van der Waals surface area contributed by atoms with Crippen LogP contribution in [0, 0.1) is 6.92 Å². The van der Waals surface area contributed by atoms with Crippen molar-refractivity contribution in [3.63, 3.8) is 0 Å².